The molecule has 128 valence electrons. The lowest BCUT2D eigenvalue weighted by Gasteiger charge is -2.28. The maximum absolute atomic E-state index is 4.99. The molecule has 3 rings (SSSR count). The first kappa shape index (κ1) is 16.4. The van der Waals surface area contributed by atoms with E-state index in [1.807, 2.05) is 0 Å². The molecule has 0 amide bonds. The van der Waals surface area contributed by atoms with Crippen LogP contribution < -0.4 is 15.5 Å². The van der Waals surface area contributed by atoms with Crippen molar-refractivity contribution in [2.75, 3.05) is 48.9 Å². The average molecular weight is 328 g/mol. The predicted molar refractivity (Wildman–Crippen MR) is 96.0 cm³/mol. The Morgan fingerprint density at radius 1 is 1.12 bits per heavy atom. The Balaban J connectivity index is 1.60. The Bertz CT molecular complexity index is 627. The summed E-state index contributed by atoms with van der Waals surface area (Å²) in [6.45, 7) is 3.55. The third-order valence-electron chi connectivity index (χ3n) is 4.01. The topological polar surface area (TPSA) is 75.2 Å². The molecule has 1 aromatic heterocycles. The number of anilines is 4. The molecular weight excluding hydrogens is 304 g/mol. The monoisotopic (exact) mass is 328 g/mol. The molecule has 0 unspecified atom stereocenters. The van der Waals surface area contributed by atoms with E-state index < -0.39 is 0 Å². The molecule has 24 heavy (non-hydrogen) atoms. The Kier molecular flexibility index (Phi) is 5.79. The third-order valence-corrected chi connectivity index (χ3v) is 4.01. The van der Waals surface area contributed by atoms with Gasteiger partial charge in [-0.05, 0) is 43.5 Å². The molecule has 0 radical (unpaired) electrons. The van der Waals surface area contributed by atoms with Gasteiger partial charge in [-0.2, -0.15) is 10.1 Å². The Labute approximate surface area is 142 Å². The van der Waals surface area contributed by atoms with Crippen molar-refractivity contribution in [2.45, 2.75) is 19.3 Å². The van der Waals surface area contributed by atoms with Crippen molar-refractivity contribution in [3.05, 3.63) is 30.5 Å². The molecule has 1 aliphatic rings. The second kappa shape index (κ2) is 8.44. The molecule has 0 spiro atoms. The number of aromatic nitrogens is 3. The van der Waals surface area contributed by atoms with Crippen LogP contribution in [0, 0.1) is 0 Å². The molecule has 1 fully saturated rings. The van der Waals surface area contributed by atoms with E-state index in [1.165, 1.54) is 24.9 Å². The quantitative estimate of drug-likeness (QED) is 0.757. The first-order valence-electron chi connectivity index (χ1n) is 8.40. The lowest BCUT2D eigenvalue weighted by atomic mass is 10.1. The van der Waals surface area contributed by atoms with Crippen LogP contribution >= 0.6 is 0 Å². The third kappa shape index (κ3) is 4.55. The van der Waals surface area contributed by atoms with Crippen molar-refractivity contribution in [3.63, 3.8) is 0 Å². The summed E-state index contributed by atoms with van der Waals surface area (Å²) in [5, 5.41) is 14.2. The van der Waals surface area contributed by atoms with Gasteiger partial charge in [-0.1, -0.05) is 0 Å². The highest BCUT2D eigenvalue weighted by atomic mass is 16.5. The summed E-state index contributed by atoms with van der Waals surface area (Å²) in [5.74, 6) is 1.15. The largest absolute Gasteiger partial charge is 0.383 e. The van der Waals surface area contributed by atoms with Crippen LogP contribution in [0.3, 0.4) is 0 Å². The summed E-state index contributed by atoms with van der Waals surface area (Å²) in [6.07, 6.45) is 5.52. The van der Waals surface area contributed by atoms with Gasteiger partial charge in [0.2, 0.25) is 5.95 Å². The maximum atomic E-state index is 4.99. The van der Waals surface area contributed by atoms with E-state index in [-0.39, 0.29) is 0 Å². The summed E-state index contributed by atoms with van der Waals surface area (Å²) in [6, 6.07) is 8.45. The van der Waals surface area contributed by atoms with Gasteiger partial charge in [-0.15, -0.1) is 5.10 Å². The van der Waals surface area contributed by atoms with E-state index in [0.717, 1.165) is 18.8 Å². The fraction of sp³-hybridized carbons (Fsp3) is 0.471. The zero-order valence-electron chi connectivity index (χ0n) is 14.0. The molecule has 1 saturated heterocycles. The van der Waals surface area contributed by atoms with Gasteiger partial charge in [0.25, 0.3) is 0 Å². The highest BCUT2D eigenvalue weighted by Gasteiger charge is 2.10. The van der Waals surface area contributed by atoms with Crippen molar-refractivity contribution in [1.29, 1.82) is 0 Å². The number of benzene rings is 1. The van der Waals surface area contributed by atoms with Crippen LogP contribution in [0.25, 0.3) is 0 Å². The molecule has 2 aromatic rings. The standard InChI is InChI=1S/C17H24N6O/c1-24-12-9-18-17-21-16(13-19-22-17)20-14-5-7-15(8-6-14)23-10-3-2-4-11-23/h5-8,13H,2-4,9-12H2,1H3,(H2,18,20,21,22). The van der Waals surface area contributed by atoms with Crippen molar-refractivity contribution in [2.24, 2.45) is 0 Å². The number of hydrogen-bond acceptors (Lipinski definition) is 7. The minimum absolute atomic E-state index is 0.488. The van der Waals surface area contributed by atoms with Crippen molar-refractivity contribution < 1.29 is 4.74 Å². The van der Waals surface area contributed by atoms with Crippen molar-refractivity contribution in [3.8, 4) is 0 Å². The predicted octanol–water partition coefficient (Wildman–Crippen LogP) is 2.66. The van der Waals surface area contributed by atoms with Gasteiger partial charge in [-0.25, -0.2) is 0 Å². The maximum Gasteiger partial charge on any atom is 0.244 e. The van der Waals surface area contributed by atoms with Crippen LogP contribution in [-0.2, 0) is 4.74 Å². The van der Waals surface area contributed by atoms with Crippen molar-refractivity contribution in [1.82, 2.24) is 15.2 Å². The van der Waals surface area contributed by atoms with E-state index in [4.69, 9.17) is 4.74 Å². The summed E-state index contributed by atoms with van der Waals surface area (Å²) < 4.78 is 4.99. The molecule has 2 heterocycles. The Morgan fingerprint density at radius 3 is 2.67 bits per heavy atom. The van der Waals surface area contributed by atoms with E-state index in [0.29, 0.717) is 24.9 Å². The lowest BCUT2D eigenvalue weighted by molar-refractivity contribution is 0.210. The van der Waals surface area contributed by atoms with Gasteiger partial charge >= 0.3 is 0 Å². The Hall–Kier alpha value is -2.41. The SMILES string of the molecule is COCCNc1nncc(Nc2ccc(N3CCCCC3)cc2)n1. The minimum Gasteiger partial charge on any atom is -0.383 e. The number of nitrogens with zero attached hydrogens (tertiary/aromatic N) is 4. The van der Waals surface area contributed by atoms with Crippen LogP contribution in [0.5, 0.6) is 0 Å². The number of rotatable bonds is 7. The summed E-state index contributed by atoms with van der Waals surface area (Å²) >= 11 is 0. The number of ether oxygens (including phenoxy) is 1. The number of hydrogen-bond donors (Lipinski definition) is 2. The van der Waals surface area contributed by atoms with E-state index in [2.05, 4.69) is 55.0 Å². The van der Waals surface area contributed by atoms with E-state index in [9.17, 15) is 0 Å². The Morgan fingerprint density at radius 2 is 1.92 bits per heavy atom. The van der Waals surface area contributed by atoms with Gasteiger partial charge in [0.1, 0.15) is 0 Å². The fourth-order valence-electron chi connectivity index (χ4n) is 2.76. The van der Waals surface area contributed by atoms with E-state index in [1.54, 1.807) is 13.3 Å². The van der Waals surface area contributed by atoms with E-state index >= 15 is 0 Å². The zero-order chi connectivity index (χ0) is 16.6. The van der Waals surface area contributed by atoms with Crippen LogP contribution in [-0.4, -0.2) is 48.5 Å². The fourth-order valence-corrected chi connectivity index (χ4v) is 2.76. The van der Waals surface area contributed by atoms with Crippen LogP contribution in [0.1, 0.15) is 19.3 Å². The van der Waals surface area contributed by atoms with Crippen molar-refractivity contribution >= 4 is 23.1 Å². The zero-order valence-corrected chi connectivity index (χ0v) is 14.0. The molecule has 0 saturated carbocycles. The van der Waals surface area contributed by atoms with Crippen LogP contribution in [0.4, 0.5) is 23.1 Å². The lowest BCUT2D eigenvalue weighted by Crippen LogP contribution is -2.29. The molecule has 1 aliphatic heterocycles. The molecule has 0 atom stereocenters. The second-order valence-electron chi connectivity index (χ2n) is 5.80. The molecule has 0 aliphatic carbocycles. The molecule has 7 nitrogen and oxygen atoms in total. The minimum atomic E-state index is 0.488. The van der Waals surface area contributed by atoms with Crippen LogP contribution in [0.2, 0.25) is 0 Å². The number of nitrogens with one attached hydrogen (secondary N) is 2. The highest BCUT2D eigenvalue weighted by Crippen LogP contribution is 2.23. The molecule has 0 bridgehead atoms. The van der Waals surface area contributed by atoms with Gasteiger partial charge in [0.05, 0.1) is 12.8 Å². The smallest absolute Gasteiger partial charge is 0.244 e. The van der Waals surface area contributed by atoms with Gasteiger partial charge in [-0.3, -0.25) is 0 Å². The highest BCUT2D eigenvalue weighted by molar-refractivity contribution is 5.60. The second-order valence-corrected chi connectivity index (χ2v) is 5.80. The van der Waals surface area contributed by atoms with Crippen LogP contribution in [0.15, 0.2) is 30.5 Å². The normalized spacial score (nSPS) is 14.5. The summed E-state index contributed by atoms with van der Waals surface area (Å²) in [7, 11) is 1.66. The molecular formula is C17H24N6O. The molecule has 2 N–H and O–H groups in total. The summed E-state index contributed by atoms with van der Waals surface area (Å²) in [5.41, 5.74) is 2.27. The van der Waals surface area contributed by atoms with Gasteiger partial charge in [0, 0.05) is 38.1 Å². The average Bonchev–Trinajstić information content (AvgIpc) is 2.64. The first-order valence-corrected chi connectivity index (χ1v) is 8.40. The van der Waals surface area contributed by atoms with Gasteiger partial charge in [0.15, 0.2) is 5.82 Å². The first-order chi connectivity index (χ1) is 11.8. The van der Waals surface area contributed by atoms with Gasteiger partial charge < -0.3 is 20.3 Å². The number of piperidine rings is 1. The summed E-state index contributed by atoms with van der Waals surface area (Å²) in [4.78, 5) is 6.83. The number of methoxy groups -OCH3 is 1. The molecule has 1 aromatic carbocycles. The molecule has 7 heteroatoms.